The first-order chi connectivity index (χ1) is 20.4. The zero-order valence-corrected chi connectivity index (χ0v) is 23.6. The molecule has 4 aromatic carbocycles. The van der Waals surface area contributed by atoms with Gasteiger partial charge in [-0.3, -0.25) is 19.3 Å². The van der Waals surface area contributed by atoms with Gasteiger partial charge in [-0.25, -0.2) is 4.98 Å². The van der Waals surface area contributed by atoms with E-state index in [0.29, 0.717) is 32.9 Å². The number of carbonyl (C=O) groups is 2. The Labute approximate surface area is 244 Å². The number of thiazole rings is 1. The van der Waals surface area contributed by atoms with Crippen molar-refractivity contribution in [2.45, 2.75) is 25.9 Å². The summed E-state index contributed by atoms with van der Waals surface area (Å²) in [5.41, 5.74) is 3.10. The number of fused-ring (bicyclic) bond motifs is 6. The van der Waals surface area contributed by atoms with E-state index in [1.54, 1.807) is 29.2 Å². The van der Waals surface area contributed by atoms with Crippen LogP contribution in [-0.4, -0.2) is 16.8 Å². The molecule has 1 atom stereocenters. The molecule has 0 saturated carbocycles. The molecule has 6 aromatic rings. The molecule has 0 aliphatic carbocycles. The highest BCUT2D eigenvalue weighted by atomic mass is 32.1. The summed E-state index contributed by atoms with van der Waals surface area (Å²) in [5.74, 6) is -1.09. The minimum Gasteiger partial charge on any atom is -0.450 e. The van der Waals surface area contributed by atoms with E-state index in [1.807, 2.05) is 80.6 Å². The van der Waals surface area contributed by atoms with Crippen LogP contribution in [-0.2, 0) is 16.9 Å². The maximum absolute atomic E-state index is 15.1. The number of nitrogens with zero attached hydrogens (tertiary/aromatic N) is 3. The van der Waals surface area contributed by atoms with Crippen LogP contribution in [0.15, 0.2) is 100 Å². The Morgan fingerprint density at radius 3 is 2.50 bits per heavy atom. The third-order valence-electron chi connectivity index (χ3n) is 8.18. The van der Waals surface area contributed by atoms with Gasteiger partial charge in [-0.05, 0) is 55.3 Å². The van der Waals surface area contributed by atoms with Crippen LogP contribution in [0.25, 0.3) is 21.2 Å². The zero-order valence-electron chi connectivity index (χ0n) is 22.8. The Morgan fingerprint density at radius 1 is 0.857 bits per heavy atom. The first kappa shape index (κ1) is 24.7. The molecule has 1 spiro atoms. The molecule has 8 heteroatoms. The van der Waals surface area contributed by atoms with Crippen molar-refractivity contribution in [3.63, 3.8) is 0 Å². The van der Waals surface area contributed by atoms with Gasteiger partial charge in [0.1, 0.15) is 5.58 Å². The Morgan fingerprint density at radius 2 is 1.64 bits per heavy atom. The Bertz CT molecular complexity index is 2200. The molecule has 0 bridgehead atoms. The minimum absolute atomic E-state index is 0.0332. The van der Waals surface area contributed by atoms with Crippen LogP contribution in [0, 0.1) is 13.8 Å². The molecule has 2 aliphatic heterocycles. The van der Waals surface area contributed by atoms with Crippen LogP contribution in [0.3, 0.4) is 0 Å². The second-order valence-corrected chi connectivity index (χ2v) is 11.9. The highest BCUT2D eigenvalue weighted by molar-refractivity contribution is 7.22. The first-order valence-electron chi connectivity index (χ1n) is 13.6. The van der Waals surface area contributed by atoms with Crippen LogP contribution in [0.2, 0.25) is 0 Å². The van der Waals surface area contributed by atoms with Gasteiger partial charge in [0.05, 0.1) is 33.4 Å². The van der Waals surface area contributed by atoms with E-state index < -0.39 is 22.8 Å². The smallest absolute Gasteiger partial charge is 0.297 e. The molecule has 42 heavy (non-hydrogen) atoms. The van der Waals surface area contributed by atoms with Crippen LogP contribution in [0.5, 0.6) is 0 Å². The molecule has 1 unspecified atom stereocenters. The minimum atomic E-state index is -1.78. The van der Waals surface area contributed by atoms with E-state index in [0.717, 1.165) is 21.4 Å². The number of rotatable bonds is 3. The zero-order chi connectivity index (χ0) is 28.7. The SMILES string of the molecule is Cc1cccc(CN2C(=O)C3(c4ccccc42)c2c(oc4ccccc4c2=O)C(=O)N3c2nc3ccc(C)cc3s2)c1. The highest BCUT2D eigenvalue weighted by Crippen LogP contribution is 2.55. The average Bonchev–Trinajstić information content (AvgIpc) is 3.59. The quantitative estimate of drug-likeness (QED) is 0.244. The maximum Gasteiger partial charge on any atom is 0.297 e. The third kappa shape index (κ3) is 3.21. The maximum atomic E-state index is 15.1. The lowest BCUT2D eigenvalue weighted by molar-refractivity contribution is -0.121. The van der Waals surface area contributed by atoms with Gasteiger partial charge in [-0.1, -0.05) is 77.6 Å². The molecule has 0 fully saturated rings. The molecule has 0 N–H and O–H groups in total. The van der Waals surface area contributed by atoms with Gasteiger partial charge < -0.3 is 9.32 Å². The van der Waals surface area contributed by atoms with Crippen LogP contribution in [0.4, 0.5) is 10.8 Å². The molecule has 7 nitrogen and oxygen atoms in total. The fourth-order valence-corrected chi connectivity index (χ4v) is 7.49. The van der Waals surface area contributed by atoms with Crippen molar-refractivity contribution in [2.24, 2.45) is 0 Å². The lowest BCUT2D eigenvalue weighted by Gasteiger charge is -2.32. The average molecular weight is 570 g/mol. The summed E-state index contributed by atoms with van der Waals surface area (Å²) in [6.07, 6.45) is 0. The monoisotopic (exact) mass is 569 g/mol. The van der Waals surface area contributed by atoms with E-state index in [2.05, 4.69) is 0 Å². The molecule has 4 heterocycles. The topological polar surface area (TPSA) is 83.7 Å². The predicted octanol–water partition coefficient (Wildman–Crippen LogP) is 6.47. The van der Waals surface area contributed by atoms with Gasteiger partial charge in [0.2, 0.25) is 5.76 Å². The third-order valence-corrected chi connectivity index (χ3v) is 9.18. The van der Waals surface area contributed by atoms with Crippen molar-refractivity contribution in [3.05, 3.63) is 135 Å². The van der Waals surface area contributed by atoms with Crippen LogP contribution in [0.1, 0.15) is 38.4 Å². The van der Waals surface area contributed by atoms with E-state index in [4.69, 9.17) is 9.40 Å². The van der Waals surface area contributed by atoms with E-state index in [1.165, 1.54) is 16.2 Å². The number of anilines is 2. The first-order valence-corrected chi connectivity index (χ1v) is 14.4. The Kier molecular flexibility index (Phi) is 5.12. The lowest BCUT2D eigenvalue weighted by atomic mass is 9.84. The molecule has 2 aliphatic rings. The molecule has 204 valence electrons. The number of amides is 2. The number of para-hydroxylation sites is 2. The summed E-state index contributed by atoms with van der Waals surface area (Å²) in [6.45, 7) is 4.27. The fraction of sp³-hybridized carbons (Fsp3) is 0.118. The summed E-state index contributed by atoms with van der Waals surface area (Å²) in [4.78, 5) is 51.8. The van der Waals surface area contributed by atoms with Crippen molar-refractivity contribution in [1.29, 1.82) is 0 Å². The second-order valence-electron chi connectivity index (χ2n) is 10.8. The Balaban J connectivity index is 1.45. The van der Waals surface area contributed by atoms with E-state index in [9.17, 15) is 9.59 Å². The number of aromatic nitrogens is 1. The normalized spacial score (nSPS) is 17.6. The van der Waals surface area contributed by atoms with Gasteiger partial charge in [-0.15, -0.1) is 0 Å². The summed E-state index contributed by atoms with van der Waals surface area (Å²) in [7, 11) is 0. The summed E-state index contributed by atoms with van der Waals surface area (Å²) in [6, 6.07) is 28.0. The number of hydrogen-bond acceptors (Lipinski definition) is 6. The summed E-state index contributed by atoms with van der Waals surface area (Å²) in [5, 5.41) is 0.642. The van der Waals surface area contributed by atoms with Gasteiger partial charge in [0.15, 0.2) is 16.1 Å². The summed E-state index contributed by atoms with van der Waals surface area (Å²) >= 11 is 1.32. The molecule has 2 aromatic heterocycles. The van der Waals surface area contributed by atoms with E-state index in [-0.39, 0.29) is 17.9 Å². The van der Waals surface area contributed by atoms with Crippen LogP contribution >= 0.6 is 11.3 Å². The fourth-order valence-electron chi connectivity index (χ4n) is 6.38. The van der Waals surface area contributed by atoms with Crippen molar-refractivity contribution in [1.82, 2.24) is 4.98 Å². The van der Waals surface area contributed by atoms with Gasteiger partial charge in [0, 0.05) is 5.56 Å². The van der Waals surface area contributed by atoms with Crippen LogP contribution < -0.4 is 15.2 Å². The van der Waals surface area contributed by atoms with Gasteiger partial charge in [0.25, 0.3) is 11.8 Å². The number of carbonyl (C=O) groups excluding carboxylic acids is 2. The molecular formula is C34H23N3O4S. The number of benzene rings is 4. The van der Waals surface area contributed by atoms with Crippen molar-refractivity contribution < 1.29 is 14.0 Å². The summed E-state index contributed by atoms with van der Waals surface area (Å²) < 4.78 is 7.05. The molecule has 0 radical (unpaired) electrons. The second kappa shape index (κ2) is 8.71. The number of aryl methyl sites for hydroxylation is 2. The van der Waals surface area contributed by atoms with Gasteiger partial charge >= 0.3 is 0 Å². The van der Waals surface area contributed by atoms with Crippen molar-refractivity contribution >= 4 is 55.2 Å². The van der Waals surface area contributed by atoms with E-state index >= 15 is 4.79 Å². The standard InChI is InChI=1S/C34H23N3O4S/c1-19-8-7-9-21(16-19)18-36-25-12-5-4-11-23(25)34(32(36)40)28-29(38)22-10-3-6-13-26(22)41-30(28)31(39)37(34)33-35-24-15-14-20(2)17-27(24)42-33/h3-17H,18H2,1-2H3. The van der Waals surface area contributed by atoms with Crippen molar-refractivity contribution in [3.8, 4) is 0 Å². The highest BCUT2D eigenvalue weighted by Gasteiger charge is 2.66. The van der Waals surface area contributed by atoms with Crippen molar-refractivity contribution in [2.75, 3.05) is 9.80 Å². The molecule has 2 amide bonds. The largest absolute Gasteiger partial charge is 0.450 e. The van der Waals surface area contributed by atoms with Gasteiger partial charge in [-0.2, -0.15) is 0 Å². The molecule has 0 saturated heterocycles. The lowest BCUT2D eigenvalue weighted by Crippen LogP contribution is -2.53. The molecular weight excluding hydrogens is 546 g/mol. The molecule has 8 rings (SSSR count). The predicted molar refractivity (Wildman–Crippen MR) is 163 cm³/mol. The number of hydrogen-bond donors (Lipinski definition) is 0. The Hall–Kier alpha value is -5.08.